The zero-order chi connectivity index (χ0) is 19.1. The first kappa shape index (κ1) is 19.3. The number of hydrogen-bond donors (Lipinski definition) is 1. The van der Waals surface area contributed by atoms with Crippen LogP contribution in [-0.2, 0) is 10.5 Å². The molecule has 0 aliphatic heterocycles. The number of anilines is 1. The van der Waals surface area contributed by atoms with Crippen molar-refractivity contribution in [1.29, 1.82) is 0 Å². The molecule has 3 rings (SSSR count). The molecule has 1 atom stereocenters. The van der Waals surface area contributed by atoms with Gasteiger partial charge in [-0.3, -0.25) is 9.78 Å². The lowest BCUT2D eigenvalue weighted by molar-refractivity contribution is -0.122. The van der Waals surface area contributed by atoms with Crippen molar-refractivity contribution in [3.8, 4) is 5.75 Å². The zero-order valence-electron chi connectivity index (χ0n) is 14.8. The molecule has 0 spiro atoms. The van der Waals surface area contributed by atoms with E-state index in [1.165, 1.54) is 5.56 Å². The Bertz CT molecular complexity index is 888. The second kappa shape index (κ2) is 9.44. The van der Waals surface area contributed by atoms with Crippen LogP contribution in [0.3, 0.4) is 0 Å². The molecule has 1 unspecified atom stereocenters. The smallest absolute Gasteiger partial charge is 0.265 e. The number of nitrogens with zero attached hydrogens (tertiary/aromatic N) is 1. The lowest BCUT2D eigenvalue weighted by atomic mass is 10.3. The Labute approximate surface area is 167 Å². The highest BCUT2D eigenvalue weighted by atomic mass is 35.5. The van der Waals surface area contributed by atoms with Gasteiger partial charge in [-0.15, -0.1) is 11.8 Å². The fourth-order valence-electron chi connectivity index (χ4n) is 2.31. The molecule has 6 heteroatoms. The van der Waals surface area contributed by atoms with Gasteiger partial charge < -0.3 is 10.1 Å². The summed E-state index contributed by atoms with van der Waals surface area (Å²) in [5.74, 6) is 1.11. The van der Waals surface area contributed by atoms with Gasteiger partial charge in [0, 0.05) is 28.7 Å². The first-order chi connectivity index (χ1) is 13.1. The normalized spacial score (nSPS) is 11.6. The summed E-state index contributed by atoms with van der Waals surface area (Å²) in [6.07, 6.45) is 2.97. The van der Waals surface area contributed by atoms with E-state index in [0.717, 1.165) is 16.3 Å². The topological polar surface area (TPSA) is 51.2 Å². The number of benzene rings is 2. The van der Waals surface area contributed by atoms with Crippen LogP contribution in [0.5, 0.6) is 5.75 Å². The molecule has 0 saturated heterocycles. The first-order valence-corrected chi connectivity index (χ1v) is 9.82. The van der Waals surface area contributed by atoms with Gasteiger partial charge in [-0.2, -0.15) is 0 Å². The summed E-state index contributed by atoms with van der Waals surface area (Å²) < 4.78 is 5.64. The number of ether oxygens (including phenoxy) is 1. The van der Waals surface area contributed by atoms with E-state index in [-0.39, 0.29) is 5.91 Å². The van der Waals surface area contributed by atoms with Crippen molar-refractivity contribution in [2.75, 3.05) is 5.32 Å². The SMILES string of the molecule is CC(Oc1ccccc1Cl)C(=O)Nc1ccc(SCc2cccnc2)cc1. The second-order valence-electron chi connectivity index (χ2n) is 5.85. The van der Waals surface area contributed by atoms with Crippen LogP contribution >= 0.6 is 23.4 Å². The molecule has 1 N–H and O–H groups in total. The molecule has 0 bridgehead atoms. The zero-order valence-corrected chi connectivity index (χ0v) is 16.3. The van der Waals surface area contributed by atoms with Crippen molar-refractivity contribution < 1.29 is 9.53 Å². The average Bonchev–Trinajstić information content (AvgIpc) is 2.70. The summed E-state index contributed by atoms with van der Waals surface area (Å²) in [5, 5.41) is 3.33. The minimum absolute atomic E-state index is 0.231. The Balaban J connectivity index is 1.52. The number of thioether (sulfide) groups is 1. The van der Waals surface area contributed by atoms with Crippen molar-refractivity contribution in [3.63, 3.8) is 0 Å². The molecule has 1 heterocycles. The van der Waals surface area contributed by atoms with Crippen LogP contribution < -0.4 is 10.1 Å². The minimum atomic E-state index is -0.662. The number of carbonyl (C=O) groups excluding carboxylic acids is 1. The van der Waals surface area contributed by atoms with E-state index in [2.05, 4.69) is 16.4 Å². The maximum absolute atomic E-state index is 12.3. The molecule has 138 valence electrons. The molecule has 0 fully saturated rings. The van der Waals surface area contributed by atoms with Gasteiger partial charge in [-0.25, -0.2) is 0 Å². The van der Waals surface area contributed by atoms with Crippen molar-refractivity contribution >= 4 is 35.0 Å². The second-order valence-corrected chi connectivity index (χ2v) is 7.31. The van der Waals surface area contributed by atoms with E-state index >= 15 is 0 Å². The summed E-state index contributed by atoms with van der Waals surface area (Å²) in [5.41, 5.74) is 1.89. The Morgan fingerprint density at radius 1 is 1.15 bits per heavy atom. The summed E-state index contributed by atoms with van der Waals surface area (Å²) >= 11 is 7.78. The summed E-state index contributed by atoms with van der Waals surface area (Å²) in [4.78, 5) is 17.6. The van der Waals surface area contributed by atoms with Crippen LogP contribution in [-0.4, -0.2) is 17.0 Å². The third-order valence-electron chi connectivity index (χ3n) is 3.76. The number of aromatic nitrogens is 1. The van der Waals surface area contributed by atoms with Crippen molar-refractivity contribution in [3.05, 3.63) is 83.6 Å². The number of hydrogen-bond acceptors (Lipinski definition) is 4. The Morgan fingerprint density at radius 2 is 1.93 bits per heavy atom. The van der Waals surface area contributed by atoms with E-state index < -0.39 is 6.10 Å². The van der Waals surface area contributed by atoms with E-state index in [1.807, 2.05) is 48.7 Å². The lowest BCUT2D eigenvalue weighted by Crippen LogP contribution is -2.30. The fraction of sp³-hybridized carbons (Fsp3) is 0.143. The van der Waals surface area contributed by atoms with Gasteiger partial charge in [0.25, 0.3) is 5.91 Å². The van der Waals surface area contributed by atoms with Gasteiger partial charge in [-0.1, -0.05) is 29.8 Å². The van der Waals surface area contributed by atoms with Crippen molar-refractivity contribution in [1.82, 2.24) is 4.98 Å². The first-order valence-electron chi connectivity index (χ1n) is 8.45. The standard InChI is InChI=1S/C21H19ClN2O2S/c1-15(26-20-7-3-2-6-19(20)22)21(25)24-17-8-10-18(11-9-17)27-14-16-5-4-12-23-13-16/h2-13,15H,14H2,1H3,(H,24,25). The summed E-state index contributed by atoms with van der Waals surface area (Å²) in [6, 6.07) is 18.8. The third kappa shape index (κ3) is 5.74. The van der Waals surface area contributed by atoms with Crippen molar-refractivity contribution in [2.24, 2.45) is 0 Å². The Hall–Kier alpha value is -2.50. The predicted octanol–water partition coefficient (Wildman–Crippen LogP) is 5.43. The van der Waals surface area contributed by atoms with E-state index in [9.17, 15) is 4.79 Å². The monoisotopic (exact) mass is 398 g/mol. The number of pyridine rings is 1. The van der Waals surface area contributed by atoms with E-state index in [4.69, 9.17) is 16.3 Å². The van der Waals surface area contributed by atoms with Gasteiger partial charge in [-0.05, 0) is 55.0 Å². The lowest BCUT2D eigenvalue weighted by Gasteiger charge is -2.15. The summed E-state index contributed by atoms with van der Waals surface area (Å²) in [7, 11) is 0. The highest BCUT2D eigenvalue weighted by Crippen LogP contribution is 2.25. The van der Waals surface area contributed by atoms with Gasteiger partial charge in [0.15, 0.2) is 6.10 Å². The van der Waals surface area contributed by atoms with Gasteiger partial charge in [0.2, 0.25) is 0 Å². The summed E-state index contributed by atoms with van der Waals surface area (Å²) in [6.45, 7) is 1.69. The third-order valence-corrected chi connectivity index (χ3v) is 5.16. The van der Waals surface area contributed by atoms with Crippen LogP contribution in [0.2, 0.25) is 5.02 Å². The molecule has 0 radical (unpaired) electrons. The Morgan fingerprint density at radius 3 is 2.63 bits per heavy atom. The highest BCUT2D eigenvalue weighted by Gasteiger charge is 2.16. The molecule has 0 aliphatic carbocycles. The average molecular weight is 399 g/mol. The minimum Gasteiger partial charge on any atom is -0.479 e. The number of carbonyl (C=O) groups is 1. The van der Waals surface area contributed by atoms with Crippen LogP contribution in [0.25, 0.3) is 0 Å². The largest absolute Gasteiger partial charge is 0.479 e. The molecule has 0 saturated carbocycles. The molecule has 27 heavy (non-hydrogen) atoms. The maximum Gasteiger partial charge on any atom is 0.265 e. The quantitative estimate of drug-likeness (QED) is 0.539. The molecule has 2 aromatic carbocycles. The van der Waals surface area contributed by atoms with Crippen molar-refractivity contribution in [2.45, 2.75) is 23.7 Å². The molecule has 4 nitrogen and oxygen atoms in total. The molecule has 3 aromatic rings. The van der Waals surface area contributed by atoms with Crippen LogP contribution in [0.1, 0.15) is 12.5 Å². The fourth-order valence-corrected chi connectivity index (χ4v) is 3.33. The molecule has 0 aliphatic rings. The number of amides is 1. The number of para-hydroxylation sites is 1. The molecule has 1 amide bonds. The maximum atomic E-state index is 12.3. The van der Waals surface area contributed by atoms with Gasteiger partial charge in [0.05, 0.1) is 5.02 Å². The highest BCUT2D eigenvalue weighted by molar-refractivity contribution is 7.98. The molecular weight excluding hydrogens is 380 g/mol. The molecule has 1 aromatic heterocycles. The number of halogens is 1. The Kier molecular flexibility index (Phi) is 6.74. The van der Waals surface area contributed by atoms with Crippen LogP contribution in [0.4, 0.5) is 5.69 Å². The van der Waals surface area contributed by atoms with Gasteiger partial charge in [0.1, 0.15) is 5.75 Å². The molecular formula is C21H19ClN2O2S. The van der Waals surface area contributed by atoms with Crippen LogP contribution in [0, 0.1) is 0 Å². The number of rotatable bonds is 7. The van der Waals surface area contributed by atoms with Crippen LogP contribution in [0.15, 0.2) is 78.0 Å². The van der Waals surface area contributed by atoms with Gasteiger partial charge >= 0.3 is 0 Å². The number of nitrogens with one attached hydrogen (secondary N) is 1. The van der Waals surface area contributed by atoms with E-state index in [1.54, 1.807) is 37.0 Å². The van der Waals surface area contributed by atoms with E-state index in [0.29, 0.717) is 10.8 Å². The predicted molar refractivity (Wildman–Crippen MR) is 110 cm³/mol.